The summed E-state index contributed by atoms with van der Waals surface area (Å²) in [6, 6.07) is 7.25. The van der Waals surface area contributed by atoms with Crippen LogP contribution < -0.4 is 0 Å². The number of fused-ring (bicyclic) bond motifs is 3. The number of carbonyl (C=O) groups excluding carboxylic acids is 2. The van der Waals surface area contributed by atoms with E-state index in [0.717, 1.165) is 22.2 Å². The lowest BCUT2D eigenvalue weighted by atomic mass is 9.92. The number of aromatic nitrogens is 1. The number of H-pyrrole nitrogens is 1. The molecule has 5 nitrogen and oxygen atoms in total. The Bertz CT molecular complexity index is 719. The number of para-hydroxylation sites is 1. The minimum absolute atomic E-state index is 0.123. The molecular formula is C16H18N2O3. The monoisotopic (exact) mass is 286 g/mol. The predicted molar refractivity (Wildman–Crippen MR) is 78.7 cm³/mol. The van der Waals surface area contributed by atoms with E-state index in [1.807, 2.05) is 31.2 Å². The number of hydrogen-bond acceptors (Lipinski definition) is 3. The maximum atomic E-state index is 12.1. The Kier molecular flexibility index (Phi) is 3.20. The van der Waals surface area contributed by atoms with E-state index in [9.17, 15) is 9.59 Å². The van der Waals surface area contributed by atoms with Gasteiger partial charge in [0.1, 0.15) is 6.04 Å². The lowest BCUT2D eigenvalue weighted by Crippen LogP contribution is -2.50. The number of carbonyl (C=O) groups is 2. The fourth-order valence-corrected chi connectivity index (χ4v) is 3.32. The quantitative estimate of drug-likeness (QED) is 0.817. The summed E-state index contributed by atoms with van der Waals surface area (Å²) < 4.78 is 4.88. The number of ether oxygens (including phenoxy) is 1. The summed E-state index contributed by atoms with van der Waals surface area (Å²) in [6.45, 7) is 3.42. The van der Waals surface area contributed by atoms with Crippen LogP contribution in [-0.2, 0) is 20.7 Å². The highest BCUT2D eigenvalue weighted by molar-refractivity contribution is 5.89. The molecule has 21 heavy (non-hydrogen) atoms. The Morgan fingerprint density at radius 1 is 1.33 bits per heavy atom. The molecule has 0 fully saturated rings. The molecule has 0 saturated heterocycles. The Labute approximate surface area is 122 Å². The van der Waals surface area contributed by atoms with Crippen molar-refractivity contribution in [3.05, 3.63) is 35.5 Å². The van der Waals surface area contributed by atoms with Gasteiger partial charge in [-0.1, -0.05) is 18.2 Å². The summed E-state index contributed by atoms with van der Waals surface area (Å²) in [5, 5.41) is 1.11. The van der Waals surface area contributed by atoms with Crippen molar-refractivity contribution in [2.24, 2.45) is 0 Å². The van der Waals surface area contributed by atoms with E-state index in [2.05, 4.69) is 4.98 Å². The van der Waals surface area contributed by atoms with Crippen LogP contribution in [0.15, 0.2) is 24.3 Å². The molecule has 2 heterocycles. The Hall–Kier alpha value is -2.30. The van der Waals surface area contributed by atoms with Crippen molar-refractivity contribution in [2.75, 3.05) is 7.11 Å². The van der Waals surface area contributed by atoms with Crippen LogP contribution in [-0.4, -0.2) is 34.9 Å². The second kappa shape index (κ2) is 4.91. The summed E-state index contributed by atoms with van der Waals surface area (Å²) in [4.78, 5) is 29.0. The van der Waals surface area contributed by atoms with Crippen LogP contribution in [0.1, 0.15) is 31.1 Å². The average Bonchev–Trinajstić information content (AvgIpc) is 2.85. The number of nitrogens with one attached hydrogen (secondary N) is 1. The molecule has 0 bridgehead atoms. The topological polar surface area (TPSA) is 62.4 Å². The van der Waals surface area contributed by atoms with Gasteiger partial charge >= 0.3 is 5.97 Å². The average molecular weight is 286 g/mol. The normalized spacial score (nSPS) is 21.2. The van der Waals surface area contributed by atoms with Gasteiger partial charge in [-0.05, 0) is 18.6 Å². The van der Waals surface area contributed by atoms with Crippen LogP contribution >= 0.6 is 0 Å². The largest absolute Gasteiger partial charge is 0.467 e. The summed E-state index contributed by atoms with van der Waals surface area (Å²) in [6.07, 6.45) is 0.482. The summed E-state index contributed by atoms with van der Waals surface area (Å²) in [5.41, 5.74) is 3.14. The Morgan fingerprint density at radius 2 is 2.05 bits per heavy atom. The molecular weight excluding hydrogens is 268 g/mol. The number of benzene rings is 1. The first-order chi connectivity index (χ1) is 10.0. The van der Waals surface area contributed by atoms with Crippen LogP contribution in [0.3, 0.4) is 0 Å². The molecule has 0 saturated carbocycles. The third-order valence-electron chi connectivity index (χ3n) is 4.25. The van der Waals surface area contributed by atoms with E-state index >= 15 is 0 Å². The van der Waals surface area contributed by atoms with Gasteiger partial charge in [0, 0.05) is 29.9 Å². The molecule has 1 aliphatic rings. The number of rotatable bonds is 1. The highest BCUT2D eigenvalue weighted by Crippen LogP contribution is 2.37. The molecule has 3 rings (SSSR count). The lowest BCUT2D eigenvalue weighted by Gasteiger charge is -2.38. The Balaban J connectivity index is 2.16. The fraction of sp³-hybridized carbons (Fsp3) is 0.375. The number of hydrogen-bond donors (Lipinski definition) is 1. The number of amides is 1. The smallest absolute Gasteiger partial charge is 0.328 e. The molecule has 0 spiro atoms. The zero-order valence-electron chi connectivity index (χ0n) is 12.3. The second-order valence-corrected chi connectivity index (χ2v) is 5.41. The molecule has 1 aromatic carbocycles. The molecule has 110 valence electrons. The number of nitrogens with zero attached hydrogens (tertiary/aromatic N) is 1. The van der Waals surface area contributed by atoms with Crippen molar-refractivity contribution in [3.8, 4) is 0 Å². The van der Waals surface area contributed by atoms with Crippen molar-refractivity contribution in [1.82, 2.24) is 9.88 Å². The van der Waals surface area contributed by atoms with Crippen molar-refractivity contribution in [1.29, 1.82) is 0 Å². The first-order valence-corrected chi connectivity index (χ1v) is 7.00. The van der Waals surface area contributed by atoms with E-state index < -0.39 is 6.04 Å². The standard InChI is InChI=1S/C16H18N2O3/c1-9-15-12(11-6-4-5-7-13(11)17-15)8-14(16(20)21-3)18(9)10(2)19/h4-7,9,14,17H,8H2,1-3H3. The van der Waals surface area contributed by atoms with E-state index in [1.165, 1.54) is 14.0 Å². The minimum Gasteiger partial charge on any atom is -0.467 e. The van der Waals surface area contributed by atoms with Gasteiger partial charge in [0.2, 0.25) is 5.91 Å². The molecule has 0 radical (unpaired) electrons. The molecule has 2 unspecified atom stereocenters. The van der Waals surface area contributed by atoms with E-state index in [4.69, 9.17) is 4.74 Å². The fourth-order valence-electron chi connectivity index (χ4n) is 3.32. The van der Waals surface area contributed by atoms with Gasteiger partial charge in [0.05, 0.1) is 13.2 Å². The zero-order valence-corrected chi connectivity index (χ0v) is 12.3. The van der Waals surface area contributed by atoms with Crippen LogP contribution in [0, 0.1) is 0 Å². The first kappa shape index (κ1) is 13.7. The van der Waals surface area contributed by atoms with E-state index in [-0.39, 0.29) is 17.9 Å². The third kappa shape index (κ3) is 2.00. The molecule has 1 N–H and O–H groups in total. The van der Waals surface area contributed by atoms with Gasteiger partial charge in [0.25, 0.3) is 0 Å². The highest BCUT2D eigenvalue weighted by Gasteiger charge is 2.39. The van der Waals surface area contributed by atoms with E-state index in [0.29, 0.717) is 6.42 Å². The van der Waals surface area contributed by atoms with E-state index in [1.54, 1.807) is 4.90 Å². The predicted octanol–water partition coefficient (Wildman–Crippen LogP) is 2.18. The summed E-state index contributed by atoms with van der Waals surface area (Å²) in [5.74, 6) is -0.491. The van der Waals surface area contributed by atoms with Crippen molar-refractivity contribution < 1.29 is 14.3 Å². The van der Waals surface area contributed by atoms with Gasteiger partial charge in [-0.25, -0.2) is 4.79 Å². The van der Waals surface area contributed by atoms with Crippen molar-refractivity contribution in [3.63, 3.8) is 0 Å². The number of methoxy groups -OCH3 is 1. The highest BCUT2D eigenvalue weighted by atomic mass is 16.5. The zero-order chi connectivity index (χ0) is 15.1. The molecule has 1 amide bonds. The molecule has 1 aliphatic heterocycles. The number of esters is 1. The van der Waals surface area contributed by atoms with Crippen LogP contribution in [0.5, 0.6) is 0 Å². The van der Waals surface area contributed by atoms with Gasteiger partial charge in [-0.3, -0.25) is 4.79 Å². The SMILES string of the molecule is COC(=O)C1Cc2c([nH]c3ccccc23)C(C)N1C(C)=O. The molecule has 5 heteroatoms. The maximum absolute atomic E-state index is 12.1. The van der Waals surface area contributed by atoms with Gasteiger partial charge in [-0.15, -0.1) is 0 Å². The number of aromatic amines is 1. The first-order valence-electron chi connectivity index (χ1n) is 7.00. The van der Waals surface area contributed by atoms with Crippen molar-refractivity contribution in [2.45, 2.75) is 32.4 Å². The molecule has 2 aromatic rings. The van der Waals surface area contributed by atoms with Crippen LogP contribution in [0.25, 0.3) is 10.9 Å². The summed E-state index contributed by atoms with van der Waals surface area (Å²) in [7, 11) is 1.36. The molecule has 2 atom stereocenters. The maximum Gasteiger partial charge on any atom is 0.328 e. The van der Waals surface area contributed by atoms with Gasteiger partial charge in [-0.2, -0.15) is 0 Å². The van der Waals surface area contributed by atoms with Crippen LogP contribution in [0.2, 0.25) is 0 Å². The molecule has 0 aliphatic carbocycles. The third-order valence-corrected chi connectivity index (χ3v) is 4.25. The molecule has 1 aromatic heterocycles. The van der Waals surface area contributed by atoms with Gasteiger partial charge in [0.15, 0.2) is 0 Å². The summed E-state index contributed by atoms with van der Waals surface area (Å²) >= 11 is 0. The lowest BCUT2D eigenvalue weighted by molar-refractivity contribution is -0.154. The van der Waals surface area contributed by atoms with Crippen molar-refractivity contribution >= 4 is 22.8 Å². The second-order valence-electron chi connectivity index (χ2n) is 5.41. The minimum atomic E-state index is -0.561. The van der Waals surface area contributed by atoms with Crippen LogP contribution in [0.4, 0.5) is 0 Å². The Morgan fingerprint density at radius 3 is 2.71 bits per heavy atom. The van der Waals surface area contributed by atoms with Gasteiger partial charge < -0.3 is 14.6 Å².